The van der Waals surface area contributed by atoms with Crippen LogP contribution in [0.4, 0.5) is 60.5 Å². The zero-order valence-electron chi connectivity index (χ0n) is 46.6. The van der Waals surface area contributed by atoms with E-state index in [9.17, 15) is 26.3 Å². The van der Waals surface area contributed by atoms with Gasteiger partial charge in [0.15, 0.2) is 11.2 Å². The molecule has 14 rings (SSSR count). The van der Waals surface area contributed by atoms with Gasteiger partial charge in [-0.3, -0.25) is 0 Å². The summed E-state index contributed by atoms with van der Waals surface area (Å²) >= 11 is 0. The smallest absolute Gasteiger partial charge is 0.454 e. The Bertz CT molecular complexity index is 4330. The lowest BCUT2D eigenvalue weighted by Gasteiger charge is -2.46. The Balaban J connectivity index is 1.07. The Hall–Kier alpha value is -9.42. The molecule has 418 valence electrons. The average molecular weight is 1130 g/mol. The molecule has 10 aromatic carbocycles. The largest absolute Gasteiger partial charge is 0.573 e. The van der Waals surface area contributed by atoms with Crippen molar-refractivity contribution in [3.63, 3.8) is 0 Å². The SMILES string of the molecule is CC(C)c1cccc2c1oc1c(N(c3cccc(OC(F)(F)F)c3)c3ccc4c(c3)-c3cc(N(c5cccc(OC(F)(F)F)c5)c5cccc6c5oc5c(C(C)C)cccc56)ccc3C43c4ccccc4C(C)(C)c4ccccc43)cccc12. The lowest BCUT2D eigenvalue weighted by molar-refractivity contribution is -0.275. The van der Waals surface area contributed by atoms with Crippen molar-refractivity contribution >= 4 is 78.0 Å². The van der Waals surface area contributed by atoms with E-state index in [1.54, 1.807) is 12.1 Å². The third-order valence-electron chi connectivity index (χ3n) is 17.0. The second-order valence-electron chi connectivity index (χ2n) is 23.0. The van der Waals surface area contributed by atoms with Crippen molar-refractivity contribution < 1.29 is 44.7 Å². The molecule has 1 spiro atoms. The molecule has 0 bridgehead atoms. The third kappa shape index (κ3) is 8.23. The average Bonchev–Trinajstić information content (AvgIpc) is 1.46. The topological polar surface area (TPSA) is 51.2 Å². The fourth-order valence-electron chi connectivity index (χ4n) is 13.6. The standard InChI is InChI=1S/C72H54F6N2O4/c1-41(2)49-21-13-23-51-53-25-15-31-63(67(53)81-65(49)51)79(43-17-11-19-47(37-43)83-71(73,74)75)45-33-35-57-55(39-45)56-40-46(34-36-58(56)70(57)61-29-9-7-27-59(61)69(5,6)60-28-8-10-30-62(60)70)80(44-18-12-20-48(38-44)84-72(76,77)78)64-32-16-26-54-52-24-14-22-50(42(3)4)66(52)82-68(54)64/h7-42H,1-6H3. The number of halogens is 6. The van der Waals surface area contributed by atoms with Crippen molar-refractivity contribution in [2.24, 2.45) is 0 Å². The molecule has 84 heavy (non-hydrogen) atoms. The lowest BCUT2D eigenvalue weighted by atomic mass is 9.55. The van der Waals surface area contributed by atoms with Crippen LogP contribution < -0.4 is 19.3 Å². The summed E-state index contributed by atoms with van der Waals surface area (Å²) in [5, 5.41) is 3.47. The quantitative estimate of drug-likeness (QED) is 0.127. The van der Waals surface area contributed by atoms with Crippen molar-refractivity contribution in [2.75, 3.05) is 9.80 Å². The van der Waals surface area contributed by atoms with Gasteiger partial charge in [0.2, 0.25) is 0 Å². The van der Waals surface area contributed by atoms with Gasteiger partial charge in [0, 0.05) is 61.8 Å². The van der Waals surface area contributed by atoms with E-state index in [4.69, 9.17) is 8.83 Å². The van der Waals surface area contributed by atoms with Crippen LogP contribution in [0.25, 0.3) is 55.0 Å². The Morgan fingerprint density at radius 2 is 0.726 bits per heavy atom. The molecular weight excluding hydrogens is 1070 g/mol. The van der Waals surface area contributed by atoms with Crippen LogP contribution in [0.5, 0.6) is 11.5 Å². The van der Waals surface area contributed by atoms with Crippen LogP contribution in [0, 0.1) is 0 Å². The van der Waals surface area contributed by atoms with E-state index in [1.165, 1.54) is 36.4 Å². The summed E-state index contributed by atoms with van der Waals surface area (Å²) < 4.78 is 108. The van der Waals surface area contributed by atoms with Crippen molar-refractivity contribution in [1.82, 2.24) is 0 Å². The summed E-state index contributed by atoms with van der Waals surface area (Å²) in [6.45, 7) is 12.9. The zero-order valence-corrected chi connectivity index (χ0v) is 46.6. The van der Waals surface area contributed by atoms with Crippen LogP contribution in [0.1, 0.15) is 97.9 Å². The summed E-state index contributed by atoms with van der Waals surface area (Å²) in [4.78, 5) is 3.83. The van der Waals surface area contributed by atoms with Crippen LogP contribution >= 0.6 is 0 Å². The van der Waals surface area contributed by atoms with Gasteiger partial charge in [-0.05, 0) is 128 Å². The minimum absolute atomic E-state index is 0.122. The molecule has 2 aromatic heterocycles. The van der Waals surface area contributed by atoms with E-state index < -0.39 is 35.1 Å². The molecule has 2 aliphatic carbocycles. The molecule has 0 N–H and O–H groups in total. The number of furan rings is 2. The Morgan fingerprint density at radius 1 is 0.369 bits per heavy atom. The summed E-state index contributed by atoms with van der Waals surface area (Å²) in [6, 6.07) is 65.2. The number of alkyl halides is 6. The van der Waals surface area contributed by atoms with Crippen LogP contribution in [0.3, 0.4) is 0 Å². The van der Waals surface area contributed by atoms with E-state index in [-0.39, 0.29) is 11.8 Å². The van der Waals surface area contributed by atoms with Gasteiger partial charge in [-0.1, -0.05) is 175 Å². The molecule has 0 radical (unpaired) electrons. The number of hydrogen-bond donors (Lipinski definition) is 0. The highest BCUT2D eigenvalue weighted by Crippen LogP contribution is 2.64. The second-order valence-corrected chi connectivity index (χ2v) is 23.0. The normalized spacial score (nSPS) is 14.1. The number of benzene rings is 10. The molecular formula is C72H54F6N2O4. The summed E-state index contributed by atoms with van der Waals surface area (Å²) in [5.74, 6) is -0.558. The minimum atomic E-state index is -4.96. The molecule has 0 fully saturated rings. The first-order valence-corrected chi connectivity index (χ1v) is 28.0. The van der Waals surface area contributed by atoms with Gasteiger partial charge in [0.05, 0.1) is 16.8 Å². The molecule has 0 unspecified atom stereocenters. The van der Waals surface area contributed by atoms with Gasteiger partial charge in [-0.15, -0.1) is 26.3 Å². The molecule has 0 aliphatic heterocycles. The fraction of sp³-hybridized carbons (Fsp3) is 0.167. The van der Waals surface area contributed by atoms with E-state index in [2.05, 4.69) is 124 Å². The molecule has 2 aliphatic rings. The van der Waals surface area contributed by atoms with Crippen LogP contribution in [0.2, 0.25) is 0 Å². The van der Waals surface area contributed by atoms with E-state index in [1.807, 2.05) is 94.7 Å². The highest BCUT2D eigenvalue weighted by Gasteiger charge is 2.53. The molecule has 0 atom stereocenters. The molecule has 0 saturated carbocycles. The van der Waals surface area contributed by atoms with Crippen molar-refractivity contribution in [1.29, 1.82) is 0 Å². The van der Waals surface area contributed by atoms with Crippen LogP contribution in [-0.4, -0.2) is 12.7 Å². The van der Waals surface area contributed by atoms with Crippen molar-refractivity contribution in [2.45, 2.75) is 76.9 Å². The van der Waals surface area contributed by atoms with Crippen molar-refractivity contribution in [3.05, 3.63) is 251 Å². The van der Waals surface area contributed by atoms with E-state index in [0.29, 0.717) is 45.3 Å². The fourth-order valence-corrected chi connectivity index (χ4v) is 13.6. The Kier molecular flexibility index (Phi) is 11.9. The second kappa shape index (κ2) is 19.1. The number of nitrogens with zero attached hydrogens (tertiary/aromatic N) is 2. The number of ether oxygens (including phenoxy) is 2. The summed E-state index contributed by atoms with van der Waals surface area (Å²) in [6.07, 6.45) is -9.93. The number of anilines is 6. The summed E-state index contributed by atoms with van der Waals surface area (Å²) in [7, 11) is 0. The minimum Gasteiger partial charge on any atom is -0.454 e. The van der Waals surface area contributed by atoms with E-state index >= 15 is 0 Å². The number of hydrogen-bond acceptors (Lipinski definition) is 6. The zero-order chi connectivity index (χ0) is 58.2. The molecule has 0 saturated heterocycles. The number of fused-ring (bicyclic) bond motifs is 15. The first kappa shape index (κ1) is 52.6. The van der Waals surface area contributed by atoms with Gasteiger partial charge in [-0.25, -0.2) is 0 Å². The molecule has 12 aromatic rings. The van der Waals surface area contributed by atoms with Gasteiger partial charge in [0.25, 0.3) is 0 Å². The maximum Gasteiger partial charge on any atom is 0.573 e. The first-order chi connectivity index (χ1) is 40.3. The first-order valence-electron chi connectivity index (χ1n) is 28.0. The van der Waals surface area contributed by atoms with Gasteiger partial charge in [0.1, 0.15) is 22.7 Å². The van der Waals surface area contributed by atoms with Crippen LogP contribution in [-0.2, 0) is 10.8 Å². The number of rotatable bonds is 10. The lowest BCUT2D eigenvalue weighted by Crippen LogP contribution is -2.40. The van der Waals surface area contributed by atoms with E-state index in [0.717, 1.165) is 88.3 Å². The van der Waals surface area contributed by atoms with Crippen LogP contribution in [0.15, 0.2) is 215 Å². The van der Waals surface area contributed by atoms with Gasteiger partial charge in [-0.2, -0.15) is 0 Å². The van der Waals surface area contributed by atoms with Gasteiger partial charge >= 0.3 is 12.7 Å². The van der Waals surface area contributed by atoms with Gasteiger partial charge < -0.3 is 28.1 Å². The highest BCUT2D eigenvalue weighted by molar-refractivity contribution is 6.13. The summed E-state index contributed by atoms with van der Waals surface area (Å²) in [5.41, 5.74) is 14.3. The molecule has 2 heterocycles. The predicted molar refractivity (Wildman–Crippen MR) is 321 cm³/mol. The molecule has 6 nitrogen and oxygen atoms in total. The Labute approximate surface area is 480 Å². The van der Waals surface area contributed by atoms with Crippen molar-refractivity contribution in [3.8, 4) is 22.6 Å². The molecule has 0 amide bonds. The predicted octanol–water partition coefficient (Wildman–Crippen LogP) is 21.5. The number of para-hydroxylation sites is 4. The molecule has 12 heteroatoms. The monoisotopic (exact) mass is 1120 g/mol. The Morgan fingerprint density at radius 3 is 1.12 bits per heavy atom. The third-order valence-corrected chi connectivity index (χ3v) is 17.0. The maximum absolute atomic E-state index is 14.1. The highest BCUT2D eigenvalue weighted by atomic mass is 19.4. The maximum atomic E-state index is 14.1.